The van der Waals surface area contributed by atoms with E-state index in [1.165, 1.54) is 6.92 Å². The third-order valence-corrected chi connectivity index (χ3v) is 2.83. The van der Waals surface area contributed by atoms with Crippen LogP contribution in [-0.2, 0) is 4.79 Å². The number of hydrogen-bond acceptors (Lipinski definition) is 3. The molecule has 18 heavy (non-hydrogen) atoms. The van der Waals surface area contributed by atoms with Gasteiger partial charge in [-0.1, -0.05) is 12.1 Å². The van der Waals surface area contributed by atoms with Gasteiger partial charge in [0.25, 0.3) is 0 Å². The van der Waals surface area contributed by atoms with Crippen LogP contribution < -0.4 is 5.32 Å². The van der Waals surface area contributed by atoms with E-state index < -0.39 is 0 Å². The van der Waals surface area contributed by atoms with Crippen LogP contribution in [0.25, 0.3) is 0 Å². The minimum atomic E-state index is -0.0769. The first-order chi connectivity index (χ1) is 8.40. The summed E-state index contributed by atoms with van der Waals surface area (Å²) < 4.78 is 0. The molecule has 0 fully saturated rings. The zero-order chi connectivity index (χ0) is 13.7. The summed E-state index contributed by atoms with van der Waals surface area (Å²) in [7, 11) is 1.90. The summed E-state index contributed by atoms with van der Waals surface area (Å²) in [5.41, 5.74) is 1.26. The predicted octanol–water partition coefficient (Wildman–Crippen LogP) is 2.17. The Kier molecular flexibility index (Phi) is 5.04. The first kappa shape index (κ1) is 14.4. The number of nitrogens with one attached hydrogen (secondary N) is 1. The van der Waals surface area contributed by atoms with Crippen LogP contribution in [0.3, 0.4) is 0 Å². The van der Waals surface area contributed by atoms with Crippen LogP contribution in [-0.4, -0.2) is 36.2 Å². The highest BCUT2D eigenvalue weighted by molar-refractivity contribution is 5.97. The Morgan fingerprint density at radius 2 is 2.00 bits per heavy atom. The van der Waals surface area contributed by atoms with Crippen LogP contribution in [0.1, 0.15) is 31.1 Å². The van der Waals surface area contributed by atoms with Crippen molar-refractivity contribution in [2.24, 2.45) is 0 Å². The lowest BCUT2D eigenvalue weighted by Gasteiger charge is -2.20. The van der Waals surface area contributed by atoms with Crippen LogP contribution in [0.4, 0.5) is 5.69 Å². The molecule has 0 heterocycles. The van der Waals surface area contributed by atoms with Crippen molar-refractivity contribution in [1.29, 1.82) is 0 Å². The van der Waals surface area contributed by atoms with Gasteiger partial charge in [0.1, 0.15) is 0 Å². The van der Waals surface area contributed by atoms with Crippen LogP contribution in [0.5, 0.6) is 0 Å². The summed E-state index contributed by atoms with van der Waals surface area (Å²) in [4.78, 5) is 24.9. The molecule has 0 radical (unpaired) electrons. The van der Waals surface area contributed by atoms with Gasteiger partial charge in [-0.3, -0.25) is 14.5 Å². The largest absolute Gasteiger partial charge is 0.325 e. The second kappa shape index (κ2) is 6.31. The summed E-state index contributed by atoms with van der Waals surface area (Å²) in [6.45, 7) is 5.91. The lowest BCUT2D eigenvalue weighted by atomic mass is 10.1. The summed E-state index contributed by atoms with van der Waals surface area (Å²) in [5.74, 6) is -0.0858. The van der Waals surface area contributed by atoms with Crippen LogP contribution in [0.15, 0.2) is 24.3 Å². The molecule has 4 nitrogen and oxygen atoms in total. The van der Waals surface area contributed by atoms with Crippen molar-refractivity contribution in [3.8, 4) is 0 Å². The number of benzene rings is 1. The summed E-state index contributed by atoms with van der Waals surface area (Å²) >= 11 is 0. The molecule has 0 saturated carbocycles. The fourth-order valence-corrected chi connectivity index (χ4v) is 1.43. The van der Waals surface area contributed by atoms with E-state index in [4.69, 9.17) is 0 Å². The Balaban J connectivity index is 2.65. The molecular formula is C14H20N2O2. The van der Waals surface area contributed by atoms with Crippen molar-refractivity contribution in [2.75, 3.05) is 18.9 Å². The topological polar surface area (TPSA) is 49.4 Å². The SMILES string of the molecule is CC(=O)c1cccc(NC(=O)CN(C)C(C)C)c1. The van der Waals surface area contributed by atoms with Crippen molar-refractivity contribution in [2.45, 2.75) is 26.8 Å². The number of amides is 1. The van der Waals surface area contributed by atoms with Gasteiger partial charge >= 0.3 is 0 Å². The Hall–Kier alpha value is -1.68. The molecule has 0 atom stereocenters. The van der Waals surface area contributed by atoms with Crippen molar-refractivity contribution in [3.63, 3.8) is 0 Å². The van der Waals surface area contributed by atoms with E-state index in [9.17, 15) is 9.59 Å². The molecule has 4 heteroatoms. The molecule has 0 aromatic heterocycles. The van der Waals surface area contributed by atoms with E-state index in [-0.39, 0.29) is 11.7 Å². The molecule has 1 rings (SSSR count). The summed E-state index contributed by atoms with van der Waals surface area (Å²) in [6.07, 6.45) is 0. The highest BCUT2D eigenvalue weighted by Gasteiger charge is 2.10. The molecule has 0 spiro atoms. The fourth-order valence-electron chi connectivity index (χ4n) is 1.43. The van der Waals surface area contributed by atoms with Crippen molar-refractivity contribution < 1.29 is 9.59 Å². The van der Waals surface area contributed by atoms with Gasteiger partial charge in [0.2, 0.25) is 5.91 Å². The van der Waals surface area contributed by atoms with Gasteiger partial charge < -0.3 is 5.32 Å². The van der Waals surface area contributed by atoms with Crippen LogP contribution in [0, 0.1) is 0 Å². The molecule has 0 saturated heterocycles. The number of nitrogens with zero attached hydrogens (tertiary/aromatic N) is 1. The second-order valence-corrected chi connectivity index (χ2v) is 4.69. The first-order valence-corrected chi connectivity index (χ1v) is 6.01. The Labute approximate surface area is 108 Å². The summed E-state index contributed by atoms with van der Waals surface area (Å²) in [5, 5.41) is 2.79. The lowest BCUT2D eigenvalue weighted by molar-refractivity contribution is -0.117. The normalized spacial score (nSPS) is 10.8. The van der Waals surface area contributed by atoms with Gasteiger partial charge in [0.15, 0.2) is 5.78 Å². The van der Waals surface area contributed by atoms with E-state index in [1.54, 1.807) is 24.3 Å². The highest BCUT2D eigenvalue weighted by Crippen LogP contribution is 2.11. The summed E-state index contributed by atoms with van der Waals surface area (Å²) in [6, 6.07) is 7.28. The van der Waals surface area contributed by atoms with E-state index in [1.807, 2.05) is 25.8 Å². The minimum absolute atomic E-state index is 0.00889. The fraction of sp³-hybridized carbons (Fsp3) is 0.429. The standard InChI is InChI=1S/C14H20N2O2/c1-10(2)16(4)9-14(18)15-13-7-5-6-12(8-13)11(3)17/h5-8,10H,9H2,1-4H3,(H,15,18). The average Bonchev–Trinajstić information content (AvgIpc) is 2.28. The molecule has 98 valence electrons. The Morgan fingerprint density at radius 1 is 1.33 bits per heavy atom. The van der Waals surface area contributed by atoms with Crippen molar-refractivity contribution in [3.05, 3.63) is 29.8 Å². The second-order valence-electron chi connectivity index (χ2n) is 4.69. The van der Waals surface area contributed by atoms with E-state index in [0.717, 1.165) is 0 Å². The number of ketones is 1. The average molecular weight is 248 g/mol. The van der Waals surface area contributed by atoms with E-state index >= 15 is 0 Å². The predicted molar refractivity (Wildman–Crippen MR) is 72.8 cm³/mol. The maximum Gasteiger partial charge on any atom is 0.238 e. The molecule has 1 aromatic rings. The van der Waals surface area contributed by atoms with Gasteiger partial charge in [-0.15, -0.1) is 0 Å². The molecule has 1 N–H and O–H groups in total. The molecule has 1 amide bonds. The zero-order valence-electron chi connectivity index (χ0n) is 11.4. The Morgan fingerprint density at radius 3 is 2.56 bits per heavy atom. The third-order valence-electron chi connectivity index (χ3n) is 2.83. The van der Waals surface area contributed by atoms with Gasteiger partial charge in [-0.05, 0) is 40.0 Å². The number of likely N-dealkylation sites (N-methyl/N-ethyl adjacent to an activating group) is 1. The maximum atomic E-state index is 11.8. The quantitative estimate of drug-likeness (QED) is 0.812. The van der Waals surface area contributed by atoms with Gasteiger partial charge in [0.05, 0.1) is 6.54 Å². The van der Waals surface area contributed by atoms with Gasteiger partial charge in [-0.25, -0.2) is 0 Å². The third kappa shape index (κ3) is 4.30. The number of anilines is 1. The van der Waals surface area contributed by atoms with Crippen molar-refractivity contribution in [1.82, 2.24) is 4.90 Å². The lowest BCUT2D eigenvalue weighted by Crippen LogP contribution is -2.34. The van der Waals surface area contributed by atoms with Crippen molar-refractivity contribution >= 4 is 17.4 Å². The molecular weight excluding hydrogens is 228 g/mol. The molecule has 0 unspecified atom stereocenters. The number of hydrogen-bond donors (Lipinski definition) is 1. The number of rotatable bonds is 5. The molecule has 0 aliphatic carbocycles. The zero-order valence-corrected chi connectivity index (χ0v) is 11.4. The number of Topliss-reactive ketones (excluding diaryl/α,β-unsaturated/α-hetero) is 1. The monoisotopic (exact) mass is 248 g/mol. The smallest absolute Gasteiger partial charge is 0.238 e. The molecule has 0 aliphatic heterocycles. The molecule has 0 aliphatic rings. The van der Waals surface area contributed by atoms with Crippen LogP contribution >= 0.6 is 0 Å². The first-order valence-electron chi connectivity index (χ1n) is 6.01. The minimum Gasteiger partial charge on any atom is -0.325 e. The maximum absolute atomic E-state index is 11.8. The van der Waals surface area contributed by atoms with Crippen LogP contribution in [0.2, 0.25) is 0 Å². The van der Waals surface area contributed by atoms with Gasteiger partial charge in [0, 0.05) is 17.3 Å². The number of carbonyl (C=O) groups excluding carboxylic acids is 2. The Bertz CT molecular complexity index is 441. The number of carbonyl (C=O) groups is 2. The molecule has 0 bridgehead atoms. The highest BCUT2D eigenvalue weighted by atomic mass is 16.2. The van der Waals surface area contributed by atoms with Gasteiger partial charge in [-0.2, -0.15) is 0 Å². The van der Waals surface area contributed by atoms with E-state index in [0.29, 0.717) is 23.8 Å². The molecule has 1 aromatic carbocycles. The van der Waals surface area contributed by atoms with E-state index in [2.05, 4.69) is 5.32 Å².